The van der Waals surface area contributed by atoms with Crippen LogP contribution in [0.25, 0.3) is 22.0 Å². The van der Waals surface area contributed by atoms with Gasteiger partial charge in [-0.15, -0.1) is 0 Å². The van der Waals surface area contributed by atoms with E-state index in [2.05, 4.69) is 35.3 Å². The summed E-state index contributed by atoms with van der Waals surface area (Å²) >= 11 is 0. The second-order valence-electron chi connectivity index (χ2n) is 4.08. The van der Waals surface area contributed by atoms with Crippen LogP contribution >= 0.6 is 0 Å². The highest BCUT2D eigenvalue weighted by molar-refractivity contribution is 5.86. The van der Waals surface area contributed by atoms with E-state index < -0.39 is 0 Å². The van der Waals surface area contributed by atoms with Crippen LogP contribution in [0.2, 0.25) is 0 Å². The minimum Gasteiger partial charge on any atom is -0.237 e. The van der Waals surface area contributed by atoms with Gasteiger partial charge in [0.1, 0.15) is 11.8 Å². The average molecular weight is 230 g/mol. The lowest BCUT2D eigenvalue weighted by molar-refractivity contribution is 1.27. The minimum absolute atomic E-state index is 0.445. The molecular formula is C16H10N2. The molecule has 1 heterocycles. The molecule has 0 unspecified atom stereocenters. The van der Waals surface area contributed by atoms with Gasteiger partial charge in [-0.3, -0.25) is 0 Å². The third-order valence-electron chi connectivity index (χ3n) is 2.91. The van der Waals surface area contributed by atoms with E-state index >= 15 is 0 Å². The molecule has 0 fully saturated rings. The lowest BCUT2D eigenvalue weighted by Crippen LogP contribution is -1.87. The van der Waals surface area contributed by atoms with Crippen LogP contribution < -0.4 is 0 Å². The first-order valence-corrected chi connectivity index (χ1v) is 5.73. The summed E-state index contributed by atoms with van der Waals surface area (Å²) in [5, 5.41) is 11.3. The van der Waals surface area contributed by atoms with Crippen molar-refractivity contribution in [2.75, 3.05) is 0 Å². The highest BCUT2D eigenvalue weighted by Gasteiger charge is 2.01. The van der Waals surface area contributed by atoms with Gasteiger partial charge in [0.2, 0.25) is 0 Å². The van der Waals surface area contributed by atoms with Crippen molar-refractivity contribution in [1.29, 1.82) is 5.26 Å². The first-order valence-electron chi connectivity index (χ1n) is 5.73. The van der Waals surface area contributed by atoms with Gasteiger partial charge in [0.25, 0.3) is 0 Å². The Morgan fingerprint density at radius 1 is 0.833 bits per heavy atom. The van der Waals surface area contributed by atoms with Crippen LogP contribution in [0.3, 0.4) is 0 Å². The Hall–Kier alpha value is -2.66. The van der Waals surface area contributed by atoms with E-state index in [1.807, 2.05) is 30.3 Å². The van der Waals surface area contributed by atoms with Crippen LogP contribution in [0, 0.1) is 11.3 Å². The number of rotatable bonds is 1. The van der Waals surface area contributed by atoms with Crippen LogP contribution in [0.15, 0.2) is 60.7 Å². The number of hydrogen-bond donors (Lipinski definition) is 0. The molecule has 2 aromatic carbocycles. The third kappa shape index (κ3) is 1.83. The van der Waals surface area contributed by atoms with E-state index in [4.69, 9.17) is 5.26 Å². The molecule has 18 heavy (non-hydrogen) atoms. The summed E-state index contributed by atoms with van der Waals surface area (Å²) in [7, 11) is 0. The monoisotopic (exact) mass is 230 g/mol. The van der Waals surface area contributed by atoms with E-state index in [1.54, 1.807) is 6.07 Å². The van der Waals surface area contributed by atoms with Gasteiger partial charge in [0.05, 0.1) is 5.69 Å². The molecule has 1 aromatic heterocycles. The molecule has 0 spiro atoms. The Kier molecular flexibility index (Phi) is 2.51. The SMILES string of the molecule is N#Cc1cccc(-c2ccc3ccccc3c2)n1. The van der Waals surface area contributed by atoms with Gasteiger partial charge in [0.15, 0.2) is 0 Å². The Labute approximate surface area is 105 Å². The van der Waals surface area contributed by atoms with Gasteiger partial charge in [-0.25, -0.2) is 4.98 Å². The Morgan fingerprint density at radius 2 is 1.67 bits per heavy atom. The van der Waals surface area contributed by atoms with E-state index in [-0.39, 0.29) is 0 Å². The molecule has 2 heteroatoms. The normalized spacial score (nSPS) is 10.2. The van der Waals surface area contributed by atoms with Crippen LogP contribution in [-0.4, -0.2) is 4.98 Å². The predicted molar refractivity (Wildman–Crippen MR) is 71.9 cm³/mol. The molecule has 0 radical (unpaired) electrons. The fraction of sp³-hybridized carbons (Fsp3) is 0. The second-order valence-corrected chi connectivity index (χ2v) is 4.08. The Balaban J connectivity index is 2.16. The fourth-order valence-corrected chi connectivity index (χ4v) is 2.01. The molecule has 0 aliphatic carbocycles. The zero-order valence-corrected chi connectivity index (χ0v) is 9.67. The summed E-state index contributed by atoms with van der Waals surface area (Å²) in [6.07, 6.45) is 0. The van der Waals surface area contributed by atoms with Crippen molar-refractivity contribution >= 4 is 10.8 Å². The number of nitrogens with zero attached hydrogens (tertiary/aromatic N) is 2. The molecule has 84 valence electrons. The molecule has 0 aliphatic heterocycles. The van der Waals surface area contributed by atoms with Gasteiger partial charge in [0, 0.05) is 5.56 Å². The summed E-state index contributed by atoms with van der Waals surface area (Å²) in [6, 6.07) is 22.0. The first kappa shape index (κ1) is 10.5. The fourth-order valence-electron chi connectivity index (χ4n) is 2.01. The highest BCUT2D eigenvalue weighted by atomic mass is 14.7. The number of nitriles is 1. The molecule has 0 atom stereocenters. The zero-order chi connectivity index (χ0) is 12.4. The van der Waals surface area contributed by atoms with E-state index in [0.717, 1.165) is 11.3 Å². The molecule has 0 aliphatic rings. The molecular weight excluding hydrogens is 220 g/mol. The first-order chi connectivity index (χ1) is 8.86. The number of benzene rings is 2. The van der Waals surface area contributed by atoms with Crippen molar-refractivity contribution in [1.82, 2.24) is 4.98 Å². The molecule has 0 saturated heterocycles. The molecule has 2 nitrogen and oxygen atoms in total. The number of fused-ring (bicyclic) bond motifs is 1. The van der Waals surface area contributed by atoms with Crippen LogP contribution in [0.5, 0.6) is 0 Å². The average Bonchev–Trinajstić information content (AvgIpc) is 2.47. The maximum atomic E-state index is 8.87. The van der Waals surface area contributed by atoms with E-state index in [1.165, 1.54) is 10.8 Å². The molecule has 0 N–H and O–H groups in total. The maximum Gasteiger partial charge on any atom is 0.141 e. The van der Waals surface area contributed by atoms with E-state index in [0.29, 0.717) is 5.69 Å². The van der Waals surface area contributed by atoms with Gasteiger partial charge < -0.3 is 0 Å². The smallest absolute Gasteiger partial charge is 0.141 e. The van der Waals surface area contributed by atoms with Gasteiger partial charge in [-0.05, 0) is 29.0 Å². The van der Waals surface area contributed by atoms with Crippen molar-refractivity contribution < 1.29 is 0 Å². The van der Waals surface area contributed by atoms with Crippen LogP contribution in [0.4, 0.5) is 0 Å². The highest BCUT2D eigenvalue weighted by Crippen LogP contribution is 2.23. The zero-order valence-electron chi connectivity index (χ0n) is 9.67. The Bertz CT molecular complexity index is 754. The minimum atomic E-state index is 0.445. The van der Waals surface area contributed by atoms with Crippen LogP contribution in [0.1, 0.15) is 5.69 Å². The summed E-state index contributed by atoms with van der Waals surface area (Å²) in [5.74, 6) is 0. The number of hydrogen-bond acceptors (Lipinski definition) is 2. The molecule has 3 rings (SSSR count). The van der Waals surface area contributed by atoms with Gasteiger partial charge >= 0.3 is 0 Å². The molecule has 0 amide bonds. The van der Waals surface area contributed by atoms with Crippen molar-refractivity contribution in [3.8, 4) is 17.3 Å². The number of aromatic nitrogens is 1. The lowest BCUT2D eigenvalue weighted by Gasteiger charge is -2.03. The predicted octanol–water partition coefficient (Wildman–Crippen LogP) is 3.77. The molecule has 0 bridgehead atoms. The Morgan fingerprint density at radius 3 is 2.50 bits per heavy atom. The quantitative estimate of drug-likeness (QED) is 0.638. The van der Waals surface area contributed by atoms with Crippen molar-refractivity contribution in [3.63, 3.8) is 0 Å². The van der Waals surface area contributed by atoms with Crippen molar-refractivity contribution in [3.05, 3.63) is 66.4 Å². The summed E-state index contributed by atoms with van der Waals surface area (Å²) in [4.78, 5) is 4.31. The molecule has 0 saturated carbocycles. The lowest BCUT2D eigenvalue weighted by atomic mass is 10.0. The third-order valence-corrected chi connectivity index (χ3v) is 2.91. The summed E-state index contributed by atoms with van der Waals surface area (Å²) in [5.41, 5.74) is 2.31. The van der Waals surface area contributed by atoms with Crippen molar-refractivity contribution in [2.24, 2.45) is 0 Å². The van der Waals surface area contributed by atoms with Crippen molar-refractivity contribution in [2.45, 2.75) is 0 Å². The summed E-state index contributed by atoms with van der Waals surface area (Å²) in [6.45, 7) is 0. The molecule has 3 aromatic rings. The summed E-state index contributed by atoms with van der Waals surface area (Å²) < 4.78 is 0. The largest absolute Gasteiger partial charge is 0.237 e. The van der Waals surface area contributed by atoms with Gasteiger partial charge in [-0.2, -0.15) is 5.26 Å². The maximum absolute atomic E-state index is 8.87. The topological polar surface area (TPSA) is 36.7 Å². The van der Waals surface area contributed by atoms with Crippen LogP contribution in [-0.2, 0) is 0 Å². The number of pyridine rings is 1. The van der Waals surface area contributed by atoms with E-state index in [9.17, 15) is 0 Å². The second kappa shape index (κ2) is 4.31. The van der Waals surface area contributed by atoms with Gasteiger partial charge in [-0.1, -0.05) is 42.5 Å². The standard InChI is InChI=1S/C16H10N2/c17-11-15-6-3-7-16(18-15)14-9-8-12-4-1-2-5-13(12)10-14/h1-10H.